The van der Waals surface area contributed by atoms with Crippen LogP contribution in [0.2, 0.25) is 0 Å². The molecule has 0 saturated heterocycles. The molecule has 6 heteroatoms. The lowest BCUT2D eigenvalue weighted by molar-refractivity contribution is -0.150. The van der Waals surface area contributed by atoms with E-state index < -0.39 is 18.2 Å². The highest BCUT2D eigenvalue weighted by molar-refractivity contribution is 5.77. The zero-order valence-corrected chi connectivity index (χ0v) is 40.0. The summed E-state index contributed by atoms with van der Waals surface area (Å²) < 4.78 is 5.85. The lowest BCUT2D eigenvalue weighted by atomic mass is 10.0. The molecule has 352 valence electrons. The number of esters is 1. The maximum absolute atomic E-state index is 13.2. The molecule has 1 amide bonds. The summed E-state index contributed by atoms with van der Waals surface area (Å²) in [6, 6.07) is -0.738. The van der Waals surface area contributed by atoms with Gasteiger partial charge in [0.1, 0.15) is 6.10 Å². The third kappa shape index (κ3) is 43.7. The van der Waals surface area contributed by atoms with Crippen LogP contribution in [0.1, 0.15) is 239 Å². The van der Waals surface area contributed by atoms with Crippen molar-refractivity contribution in [3.8, 4) is 0 Å². The van der Waals surface area contributed by atoms with E-state index in [0.29, 0.717) is 19.3 Å². The van der Waals surface area contributed by atoms with Crippen molar-refractivity contribution in [1.29, 1.82) is 0 Å². The van der Waals surface area contributed by atoms with Gasteiger partial charge in [0.25, 0.3) is 0 Å². The van der Waals surface area contributed by atoms with E-state index in [1.165, 1.54) is 122 Å². The van der Waals surface area contributed by atoms with Crippen molar-refractivity contribution < 1.29 is 24.5 Å². The van der Waals surface area contributed by atoms with Gasteiger partial charge in [-0.1, -0.05) is 222 Å². The van der Waals surface area contributed by atoms with Gasteiger partial charge in [0, 0.05) is 12.8 Å². The lowest BCUT2D eigenvalue weighted by Gasteiger charge is -2.24. The van der Waals surface area contributed by atoms with E-state index in [9.17, 15) is 19.8 Å². The van der Waals surface area contributed by atoms with Crippen molar-refractivity contribution in [2.75, 3.05) is 6.61 Å². The minimum absolute atomic E-state index is 0.0112. The zero-order valence-electron chi connectivity index (χ0n) is 40.0. The molecule has 0 aliphatic carbocycles. The van der Waals surface area contributed by atoms with Gasteiger partial charge in [-0.05, 0) is 70.6 Å². The number of unbranched alkanes of at least 4 members (excludes halogenated alkanes) is 23. The summed E-state index contributed by atoms with van der Waals surface area (Å²) in [6.07, 6.45) is 61.2. The SMILES string of the molecule is CCCCC/C=C\C/C=C\C/C=C\C/C=C\CC(CC(=O)NC(CO)C(O)CCCCCCCCCCCCC)OC(=O)CCCCC/C=C/C=C/CCCCCCCCC. The van der Waals surface area contributed by atoms with Gasteiger partial charge in [-0.25, -0.2) is 0 Å². The van der Waals surface area contributed by atoms with Crippen LogP contribution in [-0.2, 0) is 14.3 Å². The molecule has 0 aromatic heterocycles. The molecule has 0 aliphatic heterocycles. The second kappa shape index (κ2) is 48.3. The fourth-order valence-electron chi connectivity index (χ4n) is 7.34. The molecule has 3 atom stereocenters. The van der Waals surface area contributed by atoms with Gasteiger partial charge in [0.05, 0.1) is 25.2 Å². The summed E-state index contributed by atoms with van der Waals surface area (Å²) in [5, 5.41) is 23.7. The van der Waals surface area contributed by atoms with Gasteiger partial charge in [-0.3, -0.25) is 9.59 Å². The van der Waals surface area contributed by atoms with Crippen LogP contribution < -0.4 is 5.32 Å². The lowest BCUT2D eigenvalue weighted by Crippen LogP contribution is -2.46. The predicted molar refractivity (Wildman–Crippen MR) is 264 cm³/mol. The van der Waals surface area contributed by atoms with Crippen molar-refractivity contribution in [3.05, 3.63) is 72.9 Å². The smallest absolute Gasteiger partial charge is 0.306 e. The van der Waals surface area contributed by atoms with Crippen LogP contribution in [0, 0.1) is 0 Å². The number of carbonyl (C=O) groups excluding carboxylic acids is 2. The average Bonchev–Trinajstić information content (AvgIpc) is 3.25. The molecule has 6 nitrogen and oxygen atoms in total. The van der Waals surface area contributed by atoms with Crippen LogP contribution in [0.5, 0.6) is 0 Å². The number of aliphatic hydroxyl groups excluding tert-OH is 2. The Morgan fingerprint density at radius 3 is 1.44 bits per heavy atom. The highest BCUT2D eigenvalue weighted by atomic mass is 16.5. The second-order valence-electron chi connectivity index (χ2n) is 17.3. The van der Waals surface area contributed by atoms with Crippen LogP contribution in [0.25, 0.3) is 0 Å². The molecule has 0 saturated carbocycles. The van der Waals surface area contributed by atoms with E-state index in [1.54, 1.807) is 0 Å². The summed E-state index contributed by atoms with van der Waals surface area (Å²) in [7, 11) is 0. The first-order valence-corrected chi connectivity index (χ1v) is 25.7. The highest BCUT2D eigenvalue weighted by Crippen LogP contribution is 2.15. The van der Waals surface area contributed by atoms with E-state index in [1.807, 2.05) is 12.2 Å². The van der Waals surface area contributed by atoms with Gasteiger partial charge >= 0.3 is 5.97 Å². The van der Waals surface area contributed by atoms with Gasteiger partial charge in [-0.15, -0.1) is 0 Å². The first-order chi connectivity index (χ1) is 30.0. The first-order valence-electron chi connectivity index (χ1n) is 25.7. The number of amides is 1. The monoisotopic (exact) mass is 852 g/mol. The van der Waals surface area contributed by atoms with Crippen molar-refractivity contribution in [1.82, 2.24) is 5.32 Å². The molecular formula is C55H97NO5. The Labute approximate surface area is 377 Å². The normalized spacial score (nSPS) is 13.9. The molecule has 0 aliphatic rings. The van der Waals surface area contributed by atoms with Crippen LogP contribution >= 0.6 is 0 Å². The van der Waals surface area contributed by atoms with E-state index in [-0.39, 0.29) is 24.9 Å². The minimum atomic E-state index is -0.817. The maximum Gasteiger partial charge on any atom is 0.306 e. The van der Waals surface area contributed by atoms with Gasteiger partial charge < -0.3 is 20.3 Å². The standard InChI is InChI=1S/C55H97NO5/c1-4-7-10-13-16-19-22-24-26-28-30-33-36-39-42-45-48-55(60)61-51(46-43-40-37-34-32-29-27-25-23-20-17-14-11-8-5-2)49-54(59)56-52(50-57)53(58)47-44-41-38-35-31-21-18-15-12-9-6-3/h17,20,25-28,30,32-34,40,43,51-53,57-58H,4-16,18-19,21-24,29,31,35-39,41-42,44-50H2,1-3H3,(H,56,59)/b20-17-,27-25-,28-26+,33-30+,34-32-,43-40-. The minimum Gasteiger partial charge on any atom is -0.461 e. The Morgan fingerprint density at radius 2 is 0.918 bits per heavy atom. The Kier molecular flexibility index (Phi) is 46.2. The highest BCUT2D eigenvalue weighted by Gasteiger charge is 2.23. The molecule has 0 heterocycles. The number of rotatable bonds is 45. The molecule has 0 spiro atoms. The first kappa shape index (κ1) is 58.3. The number of carbonyl (C=O) groups is 2. The molecule has 0 fully saturated rings. The number of ether oxygens (including phenoxy) is 1. The fraction of sp³-hybridized carbons (Fsp3) is 0.745. The van der Waals surface area contributed by atoms with Crippen molar-refractivity contribution >= 4 is 11.9 Å². The van der Waals surface area contributed by atoms with E-state index in [0.717, 1.165) is 70.6 Å². The molecule has 0 bridgehead atoms. The third-order valence-electron chi connectivity index (χ3n) is 11.3. The average molecular weight is 852 g/mol. The molecule has 0 radical (unpaired) electrons. The molecule has 61 heavy (non-hydrogen) atoms. The van der Waals surface area contributed by atoms with Crippen molar-refractivity contribution in [2.24, 2.45) is 0 Å². The Balaban J connectivity index is 4.77. The summed E-state index contributed by atoms with van der Waals surface area (Å²) in [5.74, 6) is -0.610. The van der Waals surface area contributed by atoms with Crippen molar-refractivity contribution in [2.45, 2.75) is 257 Å². The summed E-state index contributed by atoms with van der Waals surface area (Å²) in [5.41, 5.74) is 0. The van der Waals surface area contributed by atoms with Crippen molar-refractivity contribution in [3.63, 3.8) is 0 Å². The fourth-order valence-corrected chi connectivity index (χ4v) is 7.34. The number of nitrogens with one attached hydrogen (secondary N) is 1. The molecule has 0 aromatic rings. The third-order valence-corrected chi connectivity index (χ3v) is 11.3. The zero-order chi connectivity index (χ0) is 44.5. The van der Waals surface area contributed by atoms with E-state index >= 15 is 0 Å². The topological polar surface area (TPSA) is 95.9 Å². The molecule has 3 N–H and O–H groups in total. The van der Waals surface area contributed by atoms with Gasteiger partial charge in [0.2, 0.25) is 5.91 Å². The van der Waals surface area contributed by atoms with Crippen LogP contribution in [0.4, 0.5) is 0 Å². The number of hydrogen-bond acceptors (Lipinski definition) is 5. The summed E-state index contributed by atoms with van der Waals surface area (Å²) in [4.78, 5) is 26.1. The molecule has 3 unspecified atom stereocenters. The van der Waals surface area contributed by atoms with E-state index in [4.69, 9.17) is 4.74 Å². The van der Waals surface area contributed by atoms with E-state index in [2.05, 4.69) is 86.8 Å². The molecular weight excluding hydrogens is 755 g/mol. The maximum atomic E-state index is 13.2. The van der Waals surface area contributed by atoms with Crippen LogP contribution in [-0.4, -0.2) is 46.9 Å². The number of allylic oxidation sites excluding steroid dienone is 11. The van der Waals surface area contributed by atoms with Crippen LogP contribution in [0.3, 0.4) is 0 Å². The quantitative estimate of drug-likeness (QED) is 0.0245. The summed E-state index contributed by atoms with van der Waals surface area (Å²) >= 11 is 0. The summed E-state index contributed by atoms with van der Waals surface area (Å²) in [6.45, 7) is 6.40. The largest absolute Gasteiger partial charge is 0.461 e. The second-order valence-corrected chi connectivity index (χ2v) is 17.3. The Morgan fingerprint density at radius 1 is 0.508 bits per heavy atom. The van der Waals surface area contributed by atoms with Gasteiger partial charge in [0.15, 0.2) is 0 Å². The Bertz CT molecular complexity index is 1140. The molecule has 0 aromatic carbocycles. The van der Waals surface area contributed by atoms with Gasteiger partial charge in [-0.2, -0.15) is 0 Å². The molecule has 0 rings (SSSR count). The Hall–Kier alpha value is -2.70. The predicted octanol–water partition coefficient (Wildman–Crippen LogP) is 15.4. The number of aliphatic hydroxyl groups is 2. The van der Waals surface area contributed by atoms with Crippen LogP contribution in [0.15, 0.2) is 72.9 Å². The number of hydrogen-bond donors (Lipinski definition) is 3.